The number of ketones is 1. The normalized spacial score (nSPS) is 20.4. The largest absolute Gasteiger partial charge is 0.449 e. The third kappa shape index (κ3) is 3.23. The highest BCUT2D eigenvalue weighted by molar-refractivity contribution is 5.86. The Morgan fingerprint density at radius 3 is 3.06 bits per heavy atom. The third-order valence-corrected chi connectivity index (χ3v) is 2.56. The molecule has 1 atom stereocenters. The number of Topliss-reactive ketones (excluding diaryl/α,β-unsaturated/α-hetero) is 1. The van der Waals surface area contributed by atoms with E-state index in [1.165, 1.54) is 4.90 Å². The van der Waals surface area contributed by atoms with E-state index in [2.05, 4.69) is 0 Å². The molecular formula is C11H16N2O3. The fourth-order valence-electron chi connectivity index (χ4n) is 1.51. The van der Waals surface area contributed by atoms with Crippen LogP contribution in [0.4, 0.5) is 4.79 Å². The van der Waals surface area contributed by atoms with E-state index in [0.717, 1.165) is 12.8 Å². The minimum absolute atomic E-state index is 0.0832. The molecule has 1 saturated heterocycles. The topological polar surface area (TPSA) is 70.4 Å². The SMILES string of the molecule is CCCCOC(=O)N1CCC(=O)C(C#N)C1. The number of amides is 1. The molecule has 1 amide bonds. The van der Waals surface area contributed by atoms with Gasteiger partial charge in [0.1, 0.15) is 5.92 Å². The molecule has 1 unspecified atom stereocenters. The Hall–Kier alpha value is -1.57. The number of carbonyl (C=O) groups excluding carboxylic acids is 2. The van der Waals surface area contributed by atoms with Crippen molar-refractivity contribution in [1.82, 2.24) is 4.90 Å². The first-order valence-corrected chi connectivity index (χ1v) is 5.53. The van der Waals surface area contributed by atoms with Crippen molar-refractivity contribution in [3.8, 4) is 6.07 Å². The molecule has 1 rings (SSSR count). The molecule has 0 radical (unpaired) electrons. The van der Waals surface area contributed by atoms with Crippen LogP contribution in [0.15, 0.2) is 0 Å². The fourth-order valence-corrected chi connectivity index (χ4v) is 1.51. The van der Waals surface area contributed by atoms with Crippen LogP contribution >= 0.6 is 0 Å². The highest BCUT2D eigenvalue weighted by atomic mass is 16.6. The van der Waals surface area contributed by atoms with Crippen molar-refractivity contribution < 1.29 is 14.3 Å². The Morgan fingerprint density at radius 1 is 1.69 bits per heavy atom. The molecule has 0 bridgehead atoms. The fraction of sp³-hybridized carbons (Fsp3) is 0.727. The van der Waals surface area contributed by atoms with E-state index in [-0.39, 0.29) is 18.7 Å². The van der Waals surface area contributed by atoms with Gasteiger partial charge in [-0.1, -0.05) is 13.3 Å². The molecule has 0 aliphatic carbocycles. The molecule has 5 heteroatoms. The summed E-state index contributed by atoms with van der Waals surface area (Å²) in [6, 6.07) is 1.91. The van der Waals surface area contributed by atoms with Gasteiger partial charge < -0.3 is 9.64 Å². The maximum Gasteiger partial charge on any atom is 0.409 e. The van der Waals surface area contributed by atoms with Crippen LogP contribution in [0.25, 0.3) is 0 Å². The number of carbonyl (C=O) groups is 2. The van der Waals surface area contributed by atoms with Crippen LogP contribution in [0.1, 0.15) is 26.2 Å². The second-order valence-corrected chi connectivity index (χ2v) is 3.81. The van der Waals surface area contributed by atoms with Crippen molar-refractivity contribution in [3.05, 3.63) is 0 Å². The Balaban J connectivity index is 2.40. The van der Waals surface area contributed by atoms with Crippen molar-refractivity contribution in [2.45, 2.75) is 26.2 Å². The monoisotopic (exact) mass is 224 g/mol. The number of nitriles is 1. The first-order chi connectivity index (χ1) is 7.69. The molecule has 1 aliphatic heterocycles. The summed E-state index contributed by atoms with van der Waals surface area (Å²) < 4.78 is 5.02. The molecule has 0 aromatic rings. The summed E-state index contributed by atoms with van der Waals surface area (Å²) in [6.45, 7) is 2.94. The van der Waals surface area contributed by atoms with E-state index in [0.29, 0.717) is 13.2 Å². The summed E-state index contributed by atoms with van der Waals surface area (Å²) >= 11 is 0. The van der Waals surface area contributed by atoms with Crippen LogP contribution in [-0.2, 0) is 9.53 Å². The number of hydrogen-bond acceptors (Lipinski definition) is 4. The minimum Gasteiger partial charge on any atom is -0.449 e. The van der Waals surface area contributed by atoms with E-state index in [1.54, 1.807) is 0 Å². The van der Waals surface area contributed by atoms with Gasteiger partial charge >= 0.3 is 6.09 Å². The van der Waals surface area contributed by atoms with E-state index >= 15 is 0 Å². The standard InChI is InChI=1S/C11H16N2O3/c1-2-3-6-16-11(15)13-5-4-10(14)9(7-12)8-13/h9H,2-6,8H2,1H3. The van der Waals surface area contributed by atoms with Crippen LogP contribution < -0.4 is 0 Å². The summed E-state index contributed by atoms with van der Waals surface area (Å²) in [7, 11) is 0. The lowest BCUT2D eigenvalue weighted by molar-refractivity contribution is -0.123. The number of rotatable bonds is 3. The molecule has 0 spiro atoms. The van der Waals surface area contributed by atoms with Crippen molar-refractivity contribution >= 4 is 11.9 Å². The lowest BCUT2D eigenvalue weighted by atomic mass is 9.98. The van der Waals surface area contributed by atoms with Gasteiger partial charge in [-0.05, 0) is 6.42 Å². The number of nitrogens with zero attached hydrogens (tertiary/aromatic N) is 2. The van der Waals surface area contributed by atoms with Crippen LogP contribution in [0.2, 0.25) is 0 Å². The van der Waals surface area contributed by atoms with E-state index in [9.17, 15) is 9.59 Å². The summed E-state index contributed by atoms with van der Waals surface area (Å²) in [4.78, 5) is 24.2. The summed E-state index contributed by atoms with van der Waals surface area (Å²) in [5.74, 6) is -0.771. The van der Waals surface area contributed by atoms with Gasteiger partial charge in [0, 0.05) is 19.5 Å². The van der Waals surface area contributed by atoms with Crippen molar-refractivity contribution in [2.75, 3.05) is 19.7 Å². The van der Waals surface area contributed by atoms with Crippen LogP contribution in [-0.4, -0.2) is 36.5 Å². The van der Waals surface area contributed by atoms with Gasteiger partial charge in [-0.3, -0.25) is 4.79 Å². The maximum absolute atomic E-state index is 11.5. The third-order valence-electron chi connectivity index (χ3n) is 2.56. The van der Waals surface area contributed by atoms with Gasteiger partial charge in [-0.2, -0.15) is 5.26 Å². The molecule has 88 valence electrons. The van der Waals surface area contributed by atoms with Gasteiger partial charge in [0.25, 0.3) is 0 Å². The maximum atomic E-state index is 11.5. The first kappa shape index (κ1) is 12.5. The van der Waals surface area contributed by atoms with Crippen molar-refractivity contribution in [2.24, 2.45) is 5.92 Å². The van der Waals surface area contributed by atoms with E-state index in [1.807, 2.05) is 13.0 Å². The van der Waals surface area contributed by atoms with E-state index in [4.69, 9.17) is 10.00 Å². The zero-order valence-corrected chi connectivity index (χ0v) is 9.44. The quantitative estimate of drug-likeness (QED) is 0.678. The Labute approximate surface area is 95.0 Å². The second-order valence-electron chi connectivity index (χ2n) is 3.81. The number of likely N-dealkylation sites (tertiary alicyclic amines) is 1. The average molecular weight is 224 g/mol. The molecule has 16 heavy (non-hydrogen) atoms. The Kier molecular flexibility index (Phi) is 4.77. The lowest BCUT2D eigenvalue weighted by Crippen LogP contribution is -2.44. The van der Waals surface area contributed by atoms with Crippen molar-refractivity contribution in [1.29, 1.82) is 5.26 Å². The van der Waals surface area contributed by atoms with Gasteiger partial charge in [0.15, 0.2) is 5.78 Å². The summed E-state index contributed by atoms with van der Waals surface area (Å²) in [5.41, 5.74) is 0. The number of hydrogen-bond donors (Lipinski definition) is 0. The van der Waals surface area contributed by atoms with E-state index < -0.39 is 12.0 Å². The minimum atomic E-state index is -0.688. The number of piperidine rings is 1. The summed E-state index contributed by atoms with van der Waals surface area (Å²) in [5, 5.41) is 8.73. The molecule has 1 aliphatic rings. The number of ether oxygens (including phenoxy) is 1. The highest BCUT2D eigenvalue weighted by Gasteiger charge is 2.30. The molecule has 0 aromatic heterocycles. The van der Waals surface area contributed by atoms with Gasteiger partial charge in [0.05, 0.1) is 12.7 Å². The first-order valence-electron chi connectivity index (χ1n) is 5.53. The molecule has 1 heterocycles. The number of unbranched alkanes of at least 4 members (excludes halogenated alkanes) is 1. The van der Waals surface area contributed by atoms with Gasteiger partial charge in [-0.25, -0.2) is 4.79 Å². The lowest BCUT2D eigenvalue weighted by Gasteiger charge is -2.27. The molecule has 1 fully saturated rings. The zero-order valence-electron chi connectivity index (χ0n) is 9.44. The van der Waals surface area contributed by atoms with Gasteiger partial charge in [0.2, 0.25) is 0 Å². The average Bonchev–Trinajstić information content (AvgIpc) is 2.30. The Bertz CT molecular complexity index is 309. The summed E-state index contributed by atoms with van der Waals surface area (Å²) in [6.07, 6.45) is 1.63. The second kappa shape index (κ2) is 6.11. The van der Waals surface area contributed by atoms with Crippen LogP contribution in [0, 0.1) is 17.2 Å². The molecule has 0 N–H and O–H groups in total. The van der Waals surface area contributed by atoms with Crippen LogP contribution in [0.5, 0.6) is 0 Å². The molecular weight excluding hydrogens is 208 g/mol. The van der Waals surface area contributed by atoms with Gasteiger partial charge in [-0.15, -0.1) is 0 Å². The predicted molar refractivity (Wildman–Crippen MR) is 56.6 cm³/mol. The zero-order chi connectivity index (χ0) is 12.0. The van der Waals surface area contributed by atoms with Crippen molar-refractivity contribution in [3.63, 3.8) is 0 Å². The Morgan fingerprint density at radius 2 is 2.44 bits per heavy atom. The highest BCUT2D eigenvalue weighted by Crippen LogP contribution is 2.13. The predicted octanol–water partition coefficient (Wildman–Crippen LogP) is 1.34. The smallest absolute Gasteiger partial charge is 0.409 e. The molecule has 0 saturated carbocycles. The molecule has 0 aromatic carbocycles. The molecule has 5 nitrogen and oxygen atoms in total. The van der Waals surface area contributed by atoms with Crippen LogP contribution in [0.3, 0.4) is 0 Å².